The molecule has 1 N–H and O–H groups in total. The lowest BCUT2D eigenvalue weighted by atomic mass is 9.98. The first kappa shape index (κ1) is 16.8. The number of nitrogens with one attached hydrogen (secondary N) is 1. The third kappa shape index (κ3) is 3.27. The van der Waals surface area contributed by atoms with Crippen LogP contribution in [0, 0.1) is 0 Å². The maximum Gasteiger partial charge on any atom is 0.267 e. The molecule has 1 spiro atoms. The lowest BCUT2D eigenvalue weighted by Gasteiger charge is -2.40. The second-order valence-electron chi connectivity index (χ2n) is 7.81. The van der Waals surface area contributed by atoms with Crippen molar-refractivity contribution < 1.29 is 9.53 Å². The molecule has 2 fully saturated rings. The summed E-state index contributed by atoms with van der Waals surface area (Å²) in [7, 11) is 2.10. The minimum absolute atomic E-state index is 0.0291. The number of likely N-dealkylation sites (N-methyl/N-ethyl adjacent to an activating group) is 1. The summed E-state index contributed by atoms with van der Waals surface area (Å²) in [5.41, 5.74) is 1.89. The molecular formula is C18H28N4O3. The fraction of sp³-hybridized carbons (Fsp3) is 0.778. The van der Waals surface area contributed by atoms with E-state index < -0.39 is 0 Å². The molecule has 7 nitrogen and oxygen atoms in total. The molecule has 3 heterocycles. The number of aryl methyl sites for hydroxylation is 1. The summed E-state index contributed by atoms with van der Waals surface area (Å²) in [5, 5.41) is 2.93. The Morgan fingerprint density at radius 2 is 2.08 bits per heavy atom. The molecule has 2 aliphatic heterocycles. The van der Waals surface area contributed by atoms with Crippen LogP contribution in [0.1, 0.15) is 36.9 Å². The number of ether oxygens (including phenoxy) is 1. The summed E-state index contributed by atoms with van der Waals surface area (Å²) in [4.78, 5) is 29.0. The van der Waals surface area contributed by atoms with Crippen LogP contribution in [0.15, 0.2) is 4.79 Å². The number of amides is 1. The average Bonchev–Trinajstić information content (AvgIpc) is 3.13. The summed E-state index contributed by atoms with van der Waals surface area (Å²) in [6.45, 7) is 4.47. The molecule has 3 aliphatic rings. The van der Waals surface area contributed by atoms with Crippen molar-refractivity contribution in [3.8, 4) is 0 Å². The molecule has 4 rings (SSSR count). The van der Waals surface area contributed by atoms with Gasteiger partial charge in [0.05, 0.1) is 18.8 Å². The van der Waals surface area contributed by atoms with Gasteiger partial charge in [-0.2, -0.15) is 0 Å². The smallest absolute Gasteiger partial charge is 0.267 e. The number of aromatic nitrogens is 2. The summed E-state index contributed by atoms with van der Waals surface area (Å²) in [6, 6.07) is 0. The van der Waals surface area contributed by atoms with Gasteiger partial charge in [0.1, 0.15) is 0 Å². The highest BCUT2D eigenvalue weighted by Gasteiger charge is 2.42. The van der Waals surface area contributed by atoms with Crippen molar-refractivity contribution in [2.45, 2.75) is 50.7 Å². The standard InChI is InChI=1S/C18H28N4O3/c1-20-9-7-18(12-20)13-21(10-11-25-18)16(23)6-8-22-15-5-3-2-4-14(15)17(24)19-22/h2-13H2,1H3,(H,19,24). The van der Waals surface area contributed by atoms with Gasteiger partial charge in [0.2, 0.25) is 5.91 Å². The van der Waals surface area contributed by atoms with Crippen molar-refractivity contribution in [3.05, 3.63) is 21.6 Å². The number of rotatable bonds is 3. The SMILES string of the molecule is CN1CCC2(C1)CN(C(=O)CCn1[nH]c(=O)c3c1CCCC3)CCO2. The first-order chi connectivity index (χ1) is 12.1. The number of morpholine rings is 1. The van der Waals surface area contributed by atoms with Gasteiger partial charge in [-0.05, 0) is 39.2 Å². The van der Waals surface area contributed by atoms with Gasteiger partial charge in [0.15, 0.2) is 0 Å². The van der Waals surface area contributed by atoms with Crippen molar-refractivity contribution >= 4 is 5.91 Å². The summed E-state index contributed by atoms with van der Waals surface area (Å²) < 4.78 is 7.94. The van der Waals surface area contributed by atoms with Crippen molar-refractivity contribution in [2.24, 2.45) is 0 Å². The van der Waals surface area contributed by atoms with Gasteiger partial charge in [-0.3, -0.25) is 19.4 Å². The van der Waals surface area contributed by atoms with E-state index in [9.17, 15) is 9.59 Å². The lowest BCUT2D eigenvalue weighted by Crippen LogP contribution is -2.54. The molecule has 1 aromatic rings. The minimum atomic E-state index is -0.177. The number of carbonyl (C=O) groups is 1. The molecular weight excluding hydrogens is 320 g/mol. The van der Waals surface area contributed by atoms with Crippen LogP contribution in [0.5, 0.6) is 0 Å². The Morgan fingerprint density at radius 3 is 2.88 bits per heavy atom. The van der Waals surface area contributed by atoms with Gasteiger partial charge >= 0.3 is 0 Å². The Balaban J connectivity index is 1.39. The highest BCUT2D eigenvalue weighted by atomic mass is 16.5. The van der Waals surface area contributed by atoms with Crippen LogP contribution in [-0.2, 0) is 28.9 Å². The first-order valence-corrected chi connectivity index (χ1v) is 9.47. The molecule has 25 heavy (non-hydrogen) atoms. The summed E-state index contributed by atoms with van der Waals surface area (Å²) in [5.74, 6) is 0.163. The number of aromatic amines is 1. The molecule has 0 bridgehead atoms. The van der Waals surface area contributed by atoms with E-state index >= 15 is 0 Å². The molecule has 1 unspecified atom stereocenters. The minimum Gasteiger partial charge on any atom is -0.370 e. The number of hydrogen-bond acceptors (Lipinski definition) is 4. The van der Waals surface area contributed by atoms with Crippen LogP contribution < -0.4 is 5.56 Å². The van der Waals surface area contributed by atoms with Gasteiger partial charge in [0, 0.05) is 43.9 Å². The van der Waals surface area contributed by atoms with Crippen LogP contribution in [0.4, 0.5) is 0 Å². The Kier molecular flexibility index (Phi) is 4.45. The maximum absolute atomic E-state index is 12.7. The normalized spacial score (nSPS) is 27.0. The topological polar surface area (TPSA) is 70.6 Å². The first-order valence-electron chi connectivity index (χ1n) is 9.47. The van der Waals surface area contributed by atoms with E-state index in [4.69, 9.17) is 4.74 Å². The van der Waals surface area contributed by atoms with E-state index in [1.54, 1.807) is 0 Å². The summed E-state index contributed by atoms with van der Waals surface area (Å²) >= 11 is 0. The van der Waals surface area contributed by atoms with Gasteiger partial charge in [0.25, 0.3) is 5.56 Å². The van der Waals surface area contributed by atoms with Crippen LogP contribution in [-0.4, -0.2) is 70.9 Å². The zero-order chi connectivity index (χ0) is 17.4. The number of fused-ring (bicyclic) bond motifs is 1. The highest BCUT2D eigenvalue weighted by Crippen LogP contribution is 2.28. The third-order valence-electron chi connectivity index (χ3n) is 5.93. The van der Waals surface area contributed by atoms with E-state index in [0.717, 1.165) is 56.5 Å². The molecule has 2 saturated heterocycles. The molecule has 0 saturated carbocycles. The highest BCUT2D eigenvalue weighted by molar-refractivity contribution is 5.76. The van der Waals surface area contributed by atoms with Gasteiger partial charge in [-0.15, -0.1) is 0 Å². The van der Waals surface area contributed by atoms with E-state index in [1.165, 1.54) is 0 Å². The van der Waals surface area contributed by atoms with Crippen LogP contribution in [0.25, 0.3) is 0 Å². The van der Waals surface area contributed by atoms with Gasteiger partial charge < -0.3 is 14.5 Å². The van der Waals surface area contributed by atoms with Crippen LogP contribution in [0.3, 0.4) is 0 Å². The number of nitrogens with zero attached hydrogens (tertiary/aromatic N) is 3. The third-order valence-corrected chi connectivity index (χ3v) is 5.93. The Hall–Kier alpha value is -1.60. The van der Waals surface area contributed by atoms with E-state index in [1.807, 2.05) is 9.58 Å². The van der Waals surface area contributed by atoms with Crippen LogP contribution in [0.2, 0.25) is 0 Å². The fourth-order valence-corrected chi connectivity index (χ4v) is 4.60. The Morgan fingerprint density at radius 1 is 1.24 bits per heavy atom. The molecule has 138 valence electrons. The Labute approximate surface area is 147 Å². The van der Waals surface area contributed by atoms with Gasteiger partial charge in [-0.1, -0.05) is 0 Å². The number of carbonyl (C=O) groups excluding carboxylic acids is 1. The second kappa shape index (κ2) is 6.61. The largest absolute Gasteiger partial charge is 0.370 e. The number of hydrogen-bond donors (Lipinski definition) is 1. The van der Waals surface area contributed by atoms with E-state index in [-0.39, 0.29) is 17.1 Å². The predicted molar refractivity (Wildman–Crippen MR) is 93.7 cm³/mol. The van der Waals surface area contributed by atoms with Crippen molar-refractivity contribution in [2.75, 3.05) is 39.8 Å². The van der Waals surface area contributed by atoms with Crippen LogP contribution >= 0.6 is 0 Å². The molecule has 1 aliphatic carbocycles. The molecule has 7 heteroatoms. The van der Waals surface area contributed by atoms with Crippen molar-refractivity contribution in [3.63, 3.8) is 0 Å². The summed E-state index contributed by atoms with van der Waals surface area (Å²) in [6.07, 6.45) is 5.44. The quantitative estimate of drug-likeness (QED) is 0.857. The number of H-pyrrole nitrogens is 1. The van der Waals surface area contributed by atoms with Crippen molar-refractivity contribution in [1.29, 1.82) is 0 Å². The number of likely N-dealkylation sites (tertiary alicyclic amines) is 1. The predicted octanol–water partition coefficient (Wildman–Crippen LogP) is 0.378. The zero-order valence-corrected chi connectivity index (χ0v) is 15.1. The lowest BCUT2D eigenvalue weighted by molar-refractivity contribution is -0.149. The molecule has 1 amide bonds. The second-order valence-corrected chi connectivity index (χ2v) is 7.81. The zero-order valence-electron chi connectivity index (χ0n) is 15.1. The van der Waals surface area contributed by atoms with E-state index in [2.05, 4.69) is 17.0 Å². The van der Waals surface area contributed by atoms with E-state index in [0.29, 0.717) is 32.7 Å². The molecule has 1 atom stereocenters. The fourth-order valence-electron chi connectivity index (χ4n) is 4.60. The average molecular weight is 348 g/mol. The monoisotopic (exact) mass is 348 g/mol. The molecule has 1 aromatic heterocycles. The molecule has 0 aromatic carbocycles. The maximum atomic E-state index is 12.7. The van der Waals surface area contributed by atoms with Gasteiger partial charge in [-0.25, -0.2) is 0 Å². The van der Waals surface area contributed by atoms with Crippen molar-refractivity contribution in [1.82, 2.24) is 19.6 Å². The molecule has 0 radical (unpaired) electrons. The Bertz CT molecular complexity index is 706.